The molecule has 18 heavy (non-hydrogen) atoms. The van der Waals surface area contributed by atoms with Crippen LogP contribution in [0.5, 0.6) is 0 Å². The fourth-order valence-corrected chi connectivity index (χ4v) is 3.66. The predicted octanol–water partition coefficient (Wildman–Crippen LogP) is 3.88. The first kappa shape index (κ1) is 13.4. The topological polar surface area (TPSA) is 26.3 Å². The minimum atomic E-state index is -0.320. The van der Waals surface area contributed by atoms with Gasteiger partial charge in [-0.15, -0.1) is 13.2 Å². The van der Waals surface area contributed by atoms with Gasteiger partial charge >= 0.3 is 5.97 Å². The Kier molecular flexibility index (Phi) is 3.94. The van der Waals surface area contributed by atoms with E-state index < -0.39 is 0 Å². The molecule has 1 saturated heterocycles. The Morgan fingerprint density at radius 1 is 1.33 bits per heavy atom. The van der Waals surface area contributed by atoms with Crippen LogP contribution in [-0.2, 0) is 9.53 Å². The van der Waals surface area contributed by atoms with Crippen LogP contribution in [0.4, 0.5) is 0 Å². The summed E-state index contributed by atoms with van der Waals surface area (Å²) in [5, 5.41) is 0. The molecule has 1 aliphatic heterocycles. The molecule has 1 spiro atoms. The quantitative estimate of drug-likeness (QED) is 0.545. The Hall–Kier alpha value is -1.05. The summed E-state index contributed by atoms with van der Waals surface area (Å²) in [6.07, 6.45) is 10.1. The number of ether oxygens (including phenoxy) is 1. The van der Waals surface area contributed by atoms with Gasteiger partial charge in [0.1, 0.15) is 5.60 Å². The Bertz CT molecular complexity index is 329. The van der Waals surface area contributed by atoms with Crippen molar-refractivity contribution in [2.45, 2.75) is 51.0 Å². The third-order valence-electron chi connectivity index (χ3n) is 4.71. The van der Waals surface area contributed by atoms with Crippen molar-refractivity contribution in [2.24, 2.45) is 17.8 Å². The molecule has 0 aromatic carbocycles. The first-order chi connectivity index (χ1) is 8.67. The van der Waals surface area contributed by atoms with Crippen LogP contribution < -0.4 is 0 Å². The number of carbonyl (C=O) groups excluding carboxylic acids is 1. The van der Waals surface area contributed by atoms with Crippen molar-refractivity contribution in [3.05, 3.63) is 25.3 Å². The van der Waals surface area contributed by atoms with Gasteiger partial charge in [-0.05, 0) is 19.3 Å². The van der Waals surface area contributed by atoms with Crippen LogP contribution in [0, 0.1) is 17.8 Å². The Labute approximate surface area is 110 Å². The summed E-state index contributed by atoms with van der Waals surface area (Å²) in [6.45, 7) is 9.99. The molecule has 2 rings (SSSR count). The van der Waals surface area contributed by atoms with Gasteiger partial charge in [-0.3, -0.25) is 4.79 Å². The maximum atomic E-state index is 12.1. The second-order valence-electron chi connectivity index (χ2n) is 5.68. The highest BCUT2D eigenvalue weighted by atomic mass is 16.6. The predicted molar refractivity (Wildman–Crippen MR) is 73.1 cm³/mol. The van der Waals surface area contributed by atoms with Crippen LogP contribution in [0.25, 0.3) is 0 Å². The molecular weight excluding hydrogens is 224 g/mol. The Morgan fingerprint density at radius 3 is 2.44 bits per heavy atom. The van der Waals surface area contributed by atoms with E-state index in [0.29, 0.717) is 11.8 Å². The van der Waals surface area contributed by atoms with Gasteiger partial charge in [-0.2, -0.15) is 0 Å². The molecule has 100 valence electrons. The van der Waals surface area contributed by atoms with Crippen molar-refractivity contribution < 1.29 is 9.53 Å². The van der Waals surface area contributed by atoms with Crippen molar-refractivity contribution in [3.63, 3.8) is 0 Å². The summed E-state index contributed by atoms with van der Waals surface area (Å²) in [5.41, 5.74) is -0.320. The minimum absolute atomic E-state index is 0.00375. The second kappa shape index (κ2) is 5.29. The number of hydrogen-bond donors (Lipinski definition) is 0. The summed E-state index contributed by atoms with van der Waals surface area (Å²) in [4.78, 5) is 12.1. The number of rotatable bonds is 5. The molecule has 2 fully saturated rings. The van der Waals surface area contributed by atoms with Gasteiger partial charge in [0.25, 0.3) is 0 Å². The third kappa shape index (κ3) is 2.02. The average molecular weight is 248 g/mol. The molecule has 1 unspecified atom stereocenters. The lowest BCUT2D eigenvalue weighted by Crippen LogP contribution is -2.38. The smallest absolute Gasteiger partial charge is 0.309 e. The fourth-order valence-electron chi connectivity index (χ4n) is 3.66. The number of hydrogen-bond acceptors (Lipinski definition) is 2. The molecule has 1 heterocycles. The van der Waals surface area contributed by atoms with Crippen LogP contribution in [-0.4, -0.2) is 11.6 Å². The largest absolute Gasteiger partial charge is 0.458 e. The van der Waals surface area contributed by atoms with Crippen LogP contribution in [0.3, 0.4) is 0 Å². The fraction of sp³-hybridized carbons (Fsp3) is 0.688. The van der Waals surface area contributed by atoms with Gasteiger partial charge in [-0.1, -0.05) is 31.9 Å². The van der Waals surface area contributed by atoms with Crippen LogP contribution in [0.1, 0.15) is 45.4 Å². The highest BCUT2D eigenvalue weighted by Crippen LogP contribution is 2.52. The van der Waals surface area contributed by atoms with Gasteiger partial charge in [0.05, 0.1) is 5.92 Å². The van der Waals surface area contributed by atoms with Crippen molar-refractivity contribution in [1.82, 2.24) is 0 Å². The van der Waals surface area contributed by atoms with Crippen LogP contribution in [0.2, 0.25) is 0 Å². The van der Waals surface area contributed by atoms with Gasteiger partial charge in [-0.25, -0.2) is 0 Å². The molecule has 2 nitrogen and oxygen atoms in total. The van der Waals surface area contributed by atoms with E-state index in [-0.39, 0.29) is 17.5 Å². The standard InChI is InChI=1S/C16H24O2/c1-4-7-8-12-11-16(18-15(12)17)13(5-2)9-10-14(16)6-3/h5-6,12-14H,2-4,7-11H2,1H3/t12-,13-,14+,16?/m0/s1. The van der Waals surface area contributed by atoms with Crippen LogP contribution >= 0.6 is 0 Å². The first-order valence-corrected chi connectivity index (χ1v) is 7.16. The Balaban J connectivity index is 2.17. The summed E-state index contributed by atoms with van der Waals surface area (Å²) in [7, 11) is 0. The summed E-state index contributed by atoms with van der Waals surface area (Å²) < 4.78 is 5.85. The molecule has 0 amide bonds. The van der Waals surface area contributed by atoms with Crippen molar-refractivity contribution in [1.29, 1.82) is 0 Å². The zero-order valence-corrected chi connectivity index (χ0v) is 11.4. The molecule has 0 aromatic heterocycles. The lowest BCUT2D eigenvalue weighted by molar-refractivity contribution is -0.154. The van der Waals surface area contributed by atoms with E-state index in [9.17, 15) is 4.79 Å². The lowest BCUT2D eigenvalue weighted by Gasteiger charge is -2.32. The SMILES string of the molecule is C=C[C@@H]1CC[C@H](C=C)C12C[C@H](CCCC)C(=O)O2. The maximum absolute atomic E-state index is 12.1. The van der Waals surface area contributed by atoms with E-state index in [1.807, 2.05) is 12.2 Å². The molecule has 0 aromatic rings. The molecule has 0 radical (unpaired) electrons. The van der Waals surface area contributed by atoms with Crippen molar-refractivity contribution in [3.8, 4) is 0 Å². The first-order valence-electron chi connectivity index (χ1n) is 7.16. The van der Waals surface area contributed by atoms with E-state index in [1.165, 1.54) is 0 Å². The Morgan fingerprint density at radius 2 is 1.94 bits per heavy atom. The summed E-state index contributed by atoms with van der Waals surface area (Å²) in [6, 6.07) is 0. The van der Waals surface area contributed by atoms with E-state index in [4.69, 9.17) is 4.74 Å². The monoisotopic (exact) mass is 248 g/mol. The molecule has 0 N–H and O–H groups in total. The molecule has 1 saturated carbocycles. The van der Waals surface area contributed by atoms with E-state index in [2.05, 4.69) is 20.1 Å². The van der Waals surface area contributed by atoms with Crippen LogP contribution in [0.15, 0.2) is 25.3 Å². The number of carbonyl (C=O) groups is 1. The molecular formula is C16H24O2. The molecule has 2 aliphatic rings. The second-order valence-corrected chi connectivity index (χ2v) is 5.68. The van der Waals surface area contributed by atoms with Crippen molar-refractivity contribution >= 4 is 5.97 Å². The average Bonchev–Trinajstić information content (AvgIpc) is 2.87. The highest BCUT2D eigenvalue weighted by Gasteiger charge is 2.57. The number of esters is 1. The minimum Gasteiger partial charge on any atom is -0.458 e. The summed E-state index contributed by atoms with van der Waals surface area (Å²) in [5.74, 6) is 0.698. The van der Waals surface area contributed by atoms with Gasteiger partial charge in [0.2, 0.25) is 0 Å². The molecule has 4 atom stereocenters. The van der Waals surface area contributed by atoms with Gasteiger partial charge in [0.15, 0.2) is 0 Å². The number of unbranched alkanes of at least 4 members (excludes halogenated alkanes) is 1. The molecule has 0 bridgehead atoms. The zero-order valence-electron chi connectivity index (χ0n) is 11.4. The normalized spacial score (nSPS) is 38.9. The van der Waals surface area contributed by atoms with Gasteiger partial charge < -0.3 is 4.74 Å². The third-order valence-corrected chi connectivity index (χ3v) is 4.71. The molecule has 2 heteroatoms. The van der Waals surface area contributed by atoms with Gasteiger partial charge in [0, 0.05) is 18.3 Å². The zero-order chi connectivity index (χ0) is 13.2. The van der Waals surface area contributed by atoms with E-state index in [0.717, 1.165) is 38.5 Å². The lowest BCUT2D eigenvalue weighted by atomic mass is 9.78. The van der Waals surface area contributed by atoms with E-state index >= 15 is 0 Å². The molecule has 1 aliphatic carbocycles. The van der Waals surface area contributed by atoms with E-state index in [1.54, 1.807) is 0 Å². The maximum Gasteiger partial charge on any atom is 0.309 e. The summed E-state index contributed by atoms with van der Waals surface area (Å²) >= 11 is 0. The highest BCUT2D eigenvalue weighted by molar-refractivity contribution is 5.75. The van der Waals surface area contributed by atoms with Crippen molar-refractivity contribution in [2.75, 3.05) is 0 Å².